The third kappa shape index (κ3) is 9.43. The molecule has 0 spiro atoms. The zero-order chi connectivity index (χ0) is 16.0. The van der Waals surface area contributed by atoms with Crippen molar-refractivity contribution in [3.05, 3.63) is 60.7 Å². The van der Waals surface area contributed by atoms with E-state index < -0.39 is 0 Å². The molecule has 0 atom stereocenters. The lowest BCUT2D eigenvalue weighted by Crippen LogP contribution is -2.18. The van der Waals surface area contributed by atoms with Gasteiger partial charge in [-0.25, -0.2) is 0 Å². The van der Waals surface area contributed by atoms with E-state index in [1.165, 1.54) is 0 Å². The van der Waals surface area contributed by atoms with E-state index in [1.807, 2.05) is 60.7 Å². The number of benzene rings is 2. The number of hydrogen-bond acceptors (Lipinski definition) is 3. The molecule has 4 heteroatoms. The SMILES string of the molecule is Cl.c1ccc(OCCCCNCCCCOc2ccccc2)cc1. The maximum Gasteiger partial charge on any atom is 0.119 e. The molecule has 132 valence electrons. The molecule has 24 heavy (non-hydrogen) atoms. The third-order valence-corrected chi connectivity index (χ3v) is 3.52. The maximum atomic E-state index is 5.66. The molecule has 2 rings (SSSR count). The first kappa shape index (κ1) is 20.3. The molecular weight excluding hydrogens is 322 g/mol. The van der Waals surface area contributed by atoms with E-state index in [-0.39, 0.29) is 12.4 Å². The van der Waals surface area contributed by atoms with Crippen molar-refractivity contribution in [1.29, 1.82) is 0 Å². The Bertz CT molecular complexity index is 460. The van der Waals surface area contributed by atoms with Crippen molar-refractivity contribution < 1.29 is 9.47 Å². The van der Waals surface area contributed by atoms with Gasteiger partial charge in [-0.3, -0.25) is 0 Å². The predicted molar refractivity (Wildman–Crippen MR) is 102 cm³/mol. The largest absolute Gasteiger partial charge is 0.494 e. The minimum Gasteiger partial charge on any atom is -0.494 e. The quantitative estimate of drug-likeness (QED) is 0.562. The molecule has 0 heterocycles. The summed E-state index contributed by atoms with van der Waals surface area (Å²) >= 11 is 0. The van der Waals surface area contributed by atoms with Crippen molar-refractivity contribution >= 4 is 12.4 Å². The Morgan fingerprint density at radius 3 is 1.42 bits per heavy atom. The minimum atomic E-state index is 0. The zero-order valence-electron chi connectivity index (χ0n) is 14.2. The molecule has 0 amide bonds. The van der Waals surface area contributed by atoms with Gasteiger partial charge >= 0.3 is 0 Å². The van der Waals surface area contributed by atoms with Crippen LogP contribution in [0.2, 0.25) is 0 Å². The first-order valence-electron chi connectivity index (χ1n) is 8.51. The number of para-hydroxylation sites is 2. The van der Waals surface area contributed by atoms with Crippen LogP contribution in [0.1, 0.15) is 25.7 Å². The highest BCUT2D eigenvalue weighted by Crippen LogP contribution is 2.09. The fraction of sp³-hybridized carbons (Fsp3) is 0.400. The molecule has 0 aliphatic heterocycles. The van der Waals surface area contributed by atoms with Crippen molar-refractivity contribution in [1.82, 2.24) is 5.32 Å². The molecular formula is C20H28ClNO2. The van der Waals surface area contributed by atoms with Gasteiger partial charge in [-0.1, -0.05) is 36.4 Å². The first-order chi connectivity index (χ1) is 11.4. The lowest BCUT2D eigenvalue weighted by molar-refractivity contribution is 0.301. The second-order valence-electron chi connectivity index (χ2n) is 5.49. The Labute approximate surface area is 151 Å². The monoisotopic (exact) mass is 349 g/mol. The summed E-state index contributed by atoms with van der Waals surface area (Å²) in [7, 11) is 0. The van der Waals surface area contributed by atoms with Crippen LogP contribution in [0.5, 0.6) is 11.5 Å². The number of rotatable bonds is 12. The Morgan fingerprint density at radius 2 is 1.00 bits per heavy atom. The van der Waals surface area contributed by atoms with Crippen LogP contribution >= 0.6 is 12.4 Å². The highest BCUT2D eigenvalue weighted by Gasteiger charge is 1.94. The van der Waals surface area contributed by atoms with E-state index in [2.05, 4.69) is 5.32 Å². The zero-order valence-corrected chi connectivity index (χ0v) is 15.0. The summed E-state index contributed by atoms with van der Waals surface area (Å²) in [6.07, 6.45) is 4.46. The van der Waals surface area contributed by atoms with Gasteiger partial charge in [-0.05, 0) is 63.0 Å². The summed E-state index contributed by atoms with van der Waals surface area (Å²) in [4.78, 5) is 0. The summed E-state index contributed by atoms with van der Waals surface area (Å²) in [5.74, 6) is 1.91. The van der Waals surface area contributed by atoms with Gasteiger partial charge in [0.2, 0.25) is 0 Å². The molecule has 2 aromatic carbocycles. The average molecular weight is 350 g/mol. The summed E-state index contributed by atoms with van der Waals surface area (Å²) < 4.78 is 11.3. The topological polar surface area (TPSA) is 30.5 Å². The van der Waals surface area contributed by atoms with Crippen LogP contribution in [0.3, 0.4) is 0 Å². The molecule has 0 aliphatic rings. The standard InChI is InChI=1S/C20H27NO2.ClH/c1-3-11-19(12-4-1)22-17-9-7-15-21-16-8-10-18-23-20-13-5-2-6-14-20;/h1-6,11-14,21H,7-10,15-18H2;1H. The van der Waals surface area contributed by atoms with E-state index in [4.69, 9.17) is 9.47 Å². The molecule has 0 fully saturated rings. The predicted octanol–water partition coefficient (Wildman–Crippen LogP) is 4.72. The Morgan fingerprint density at radius 1 is 0.583 bits per heavy atom. The number of halogens is 1. The van der Waals surface area contributed by atoms with Gasteiger partial charge in [0.05, 0.1) is 13.2 Å². The van der Waals surface area contributed by atoms with E-state index in [9.17, 15) is 0 Å². The minimum absolute atomic E-state index is 0. The van der Waals surface area contributed by atoms with Gasteiger partial charge in [-0.2, -0.15) is 0 Å². The summed E-state index contributed by atoms with van der Waals surface area (Å²) in [6.45, 7) is 3.68. The van der Waals surface area contributed by atoms with Crippen LogP contribution in [-0.2, 0) is 0 Å². The van der Waals surface area contributed by atoms with Crippen molar-refractivity contribution in [2.24, 2.45) is 0 Å². The van der Waals surface area contributed by atoms with E-state index in [0.717, 1.165) is 63.5 Å². The number of hydrogen-bond donors (Lipinski definition) is 1. The molecule has 3 nitrogen and oxygen atoms in total. The lowest BCUT2D eigenvalue weighted by atomic mass is 10.3. The van der Waals surface area contributed by atoms with Crippen LogP contribution in [0.25, 0.3) is 0 Å². The molecule has 0 saturated heterocycles. The second-order valence-corrected chi connectivity index (χ2v) is 5.49. The van der Waals surface area contributed by atoms with Gasteiger partial charge in [0.15, 0.2) is 0 Å². The van der Waals surface area contributed by atoms with Gasteiger partial charge in [0.25, 0.3) is 0 Å². The molecule has 0 radical (unpaired) electrons. The summed E-state index contributed by atoms with van der Waals surface area (Å²) in [5, 5.41) is 3.47. The summed E-state index contributed by atoms with van der Waals surface area (Å²) in [6, 6.07) is 20.0. The molecule has 0 saturated carbocycles. The van der Waals surface area contributed by atoms with Gasteiger partial charge in [0.1, 0.15) is 11.5 Å². The molecule has 0 aliphatic carbocycles. The van der Waals surface area contributed by atoms with Crippen LogP contribution in [0.15, 0.2) is 60.7 Å². The Hall–Kier alpha value is -1.71. The lowest BCUT2D eigenvalue weighted by Gasteiger charge is -2.08. The van der Waals surface area contributed by atoms with E-state index in [1.54, 1.807) is 0 Å². The highest BCUT2D eigenvalue weighted by molar-refractivity contribution is 5.85. The molecule has 2 aromatic rings. The number of ether oxygens (including phenoxy) is 2. The van der Waals surface area contributed by atoms with Crippen molar-refractivity contribution in [3.63, 3.8) is 0 Å². The summed E-state index contributed by atoms with van der Waals surface area (Å²) in [5.41, 5.74) is 0. The maximum absolute atomic E-state index is 5.66. The Kier molecular flexibility index (Phi) is 11.6. The van der Waals surface area contributed by atoms with Gasteiger partial charge in [-0.15, -0.1) is 12.4 Å². The van der Waals surface area contributed by atoms with Crippen LogP contribution < -0.4 is 14.8 Å². The fourth-order valence-electron chi connectivity index (χ4n) is 2.24. The highest BCUT2D eigenvalue weighted by atomic mass is 35.5. The number of nitrogens with one attached hydrogen (secondary N) is 1. The average Bonchev–Trinajstić information content (AvgIpc) is 2.61. The van der Waals surface area contributed by atoms with Crippen LogP contribution in [0, 0.1) is 0 Å². The van der Waals surface area contributed by atoms with Crippen LogP contribution in [0.4, 0.5) is 0 Å². The molecule has 1 N–H and O–H groups in total. The Balaban J connectivity index is 0.00000288. The van der Waals surface area contributed by atoms with Crippen molar-refractivity contribution in [3.8, 4) is 11.5 Å². The van der Waals surface area contributed by atoms with E-state index >= 15 is 0 Å². The smallest absolute Gasteiger partial charge is 0.119 e. The normalized spacial score (nSPS) is 10.0. The second kappa shape index (κ2) is 13.7. The van der Waals surface area contributed by atoms with Gasteiger partial charge < -0.3 is 14.8 Å². The third-order valence-electron chi connectivity index (χ3n) is 3.52. The molecule has 0 unspecified atom stereocenters. The molecule has 0 bridgehead atoms. The van der Waals surface area contributed by atoms with Crippen molar-refractivity contribution in [2.45, 2.75) is 25.7 Å². The van der Waals surface area contributed by atoms with E-state index in [0.29, 0.717) is 0 Å². The first-order valence-corrected chi connectivity index (χ1v) is 8.51. The number of unbranched alkanes of at least 4 members (excludes halogenated alkanes) is 2. The van der Waals surface area contributed by atoms with Crippen molar-refractivity contribution in [2.75, 3.05) is 26.3 Å². The molecule has 0 aromatic heterocycles. The fourth-order valence-corrected chi connectivity index (χ4v) is 2.24. The van der Waals surface area contributed by atoms with Crippen LogP contribution in [-0.4, -0.2) is 26.3 Å². The van der Waals surface area contributed by atoms with Gasteiger partial charge in [0, 0.05) is 0 Å².